The van der Waals surface area contributed by atoms with E-state index >= 15 is 0 Å². The Morgan fingerprint density at radius 3 is 2.39 bits per heavy atom. The number of nitrogens with zero attached hydrogens (tertiary/aromatic N) is 2. The third kappa shape index (κ3) is 4.96. The van der Waals surface area contributed by atoms with E-state index in [9.17, 15) is 9.18 Å². The molecule has 0 saturated carbocycles. The molecule has 0 spiro atoms. The average molecular weight is 442 g/mol. The lowest BCUT2D eigenvalue weighted by atomic mass is 9.92. The predicted octanol–water partition coefficient (Wildman–Crippen LogP) is 2.88. The number of rotatable bonds is 2. The molecular formula is C22H22FN4O3S-. The summed E-state index contributed by atoms with van der Waals surface area (Å²) in [5.74, 6) is -0.280. The number of aromatic nitrogens is 1. The highest BCUT2D eigenvalue weighted by atomic mass is 32.2. The first-order valence-corrected chi connectivity index (χ1v) is 10.6. The average Bonchev–Trinajstić information content (AvgIpc) is 2.84. The molecule has 0 saturated heterocycles. The largest absolute Gasteiger partial charge is 0.760 e. The standard InChI is InChI=1S/C22H20FN3O.H3NO2S/c1-13-18-11-21(27)26(3)12-20(18)19-10-16(24-2)8-9-17(19)22(25-13)14-4-6-15(23)7-5-14;1-4(2)3/h4-13,24H,1-3H3;1H2,(H,2,3)/p-1/t13-;/m0./s1. The van der Waals surface area contributed by atoms with Crippen LogP contribution in [0.15, 0.2) is 64.5 Å². The van der Waals surface area contributed by atoms with Gasteiger partial charge in [-0.05, 0) is 54.4 Å². The molecule has 0 bridgehead atoms. The minimum Gasteiger partial charge on any atom is -0.760 e. The molecule has 3 aromatic rings. The lowest BCUT2D eigenvalue weighted by Crippen LogP contribution is -2.17. The molecular weight excluding hydrogens is 419 g/mol. The van der Waals surface area contributed by atoms with Gasteiger partial charge in [0.2, 0.25) is 0 Å². The maximum Gasteiger partial charge on any atom is 0.250 e. The Bertz CT molecular complexity index is 1220. The number of pyridine rings is 1. The van der Waals surface area contributed by atoms with Crippen LogP contribution >= 0.6 is 0 Å². The molecule has 2 atom stereocenters. The van der Waals surface area contributed by atoms with Crippen molar-refractivity contribution >= 4 is 22.7 Å². The highest BCUT2D eigenvalue weighted by Crippen LogP contribution is 2.37. The van der Waals surface area contributed by atoms with E-state index in [-0.39, 0.29) is 17.4 Å². The Morgan fingerprint density at radius 1 is 1.13 bits per heavy atom. The smallest absolute Gasteiger partial charge is 0.250 e. The number of fused-ring (bicyclic) bond motifs is 3. The van der Waals surface area contributed by atoms with Crippen molar-refractivity contribution < 1.29 is 13.2 Å². The third-order valence-electron chi connectivity index (χ3n) is 5.00. The van der Waals surface area contributed by atoms with Gasteiger partial charge in [0, 0.05) is 60.0 Å². The number of hydrogen-bond acceptors (Lipinski definition) is 5. The van der Waals surface area contributed by atoms with E-state index in [1.165, 1.54) is 12.1 Å². The van der Waals surface area contributed by atoms with Gasteiger partial charge < -0.3 is 14.4 Å². The Kier molecular flexibility index (Phi) is 6.79. The maximum atomic E-state index is 13.4. The Morgan fingerprint density at radius 2 is 1.77 bits per heavy atom. The summed E-state index contributed by atoms with van der Waals surface area (Å²) in [5, 5.41) is 7.20. The lowest BCUT2D eigenvalue weighted by Gasteiger charge is -2.14. The first-order valence-electron chi connectivity index (χ1n) is 9.41. The van der Waals surface area contributed by atoms with Gasteiger partial charge in [0.05, 0.1) is 11.8 Å². The molecule has 1 aromatic heterocycles. The van der Waals surface area contributed by atoms with Gasteiger partial charge in [-0.1, -0.05) is 6.07 Å². The summed E-state index contributed by atoms with van der Waals surface area (Å²) in [5.41, 5.74) is 6.40. The number of aliphatic imine (C=N–C) groups is 1. The molecule has 1 unspecified atom stereocenters. The van der Waals surface area contributed by atoms with Crippen molar-refractivity contribution in [1.82, 2.24) is 4.57 Å². The topological polar surface area (TPSA) is 113 Å². The maximum absolute atomic E-state index is 13.4. The van der Waals surface area contributed by atoms with E-state index < -0.39 is 11.3 Å². The number of benzene rings is 2. The summed E-state index contributed by atoms with van der Waals surface area (Å²) in [6, 6.07) is 13.9. The van der Waals surface area contributed by atoms with Gasteiger partial charge >= 0.3 is 0 Å². The van der Waals surface area contributed by atoms with Gasteiger partial charge in [0.15, 0.2) is 0 Å². The second-order valence-corrected chi connectivity index (χ2v) is 7.54. The molecule has 2 heterocycles. The number of anilines is 1. The zero-order chi connectivity index (χ0) is 22.7. The first kappa shape index (κ1) is 22.5. The zero-order valence-electron chi connectivity index (χ0n) is 17.3. The minimum atomic E-state index is -2.36. The molecule has 3 N–H and O–H groups in total. The summed E-state index contributed by atoms with van der Waals surface area (Å²) in [6.07, 6.45) is 1.87. The number of hydrogen-bond donors (Lipinski definition) is 2. The summed E-state index contributed by atoms with van der Waals surface area (Å²) < 4.78 is 32.6. The lowest BCUT2D eigenvalue weighted by molar-refractivity contribution is 0.538. The van der Waals surface area contributed by atoms with E-state index in [1.54, 1.807) is 29.8 Å². The van der Waals surface area contributed by atoms with Gasteiger partial charge in [-0.3, -0.25) is 19.1 Å². The molecule has 0 aliphatic carbocycles. The molecule has 0 amide bonds. The van der Waals surface area contributed by atoms with Crippen LogP contribution < -0.4 is 16.0 Å². The van der Waals surface area contributed by atoms with Crippen molar-refractivity contribution in [2.45, 2.75) is 13.0 Å². The van der Waals surface area contributed by atoms with Crippen LogP contribution in [-0.4, -0.2) is 26.1 Å². The van der Waals surface area contributed by atoms with Gasteiger partial charge in [0.25, 0.3) is 5.56 Å². The van der Waals surface area contributed by atoms with Crippen LogP contribution in [0.5, 0.6) is 0 Å². The SMILES string of the molecule is CNc1ccc2c(c1)-c1cn(C)c(=O)cc1[C@H](C)N=C2c1ccc(F)cc1.NS(=O)[O-]. The Labute approximate surface area is 181 Å². The second kappa shape index (κ2) is 9.34. The molecule has 1 aliphatic heterocycles. The monoisotopic (exact) mass is 441 g/mol. The second-order valence-electron chi connectivity index (χ2n) is 7.02. The van der Waals surface area contributed by atoms with E-state index in [1.807, 2.05) is 32.3 Å². The molecule has 162 valence electrons. The van der Waals surface area contributed by atoms with Crippen molar-refractivity contribution in [3.8, 4) is 11.1 Å². The summed E-state index contributed by atoms with van der Waals surface area (Å²) in [4.78, 5) is 17.1. The summed E-state index contributed by atoms with van der Waals surface area (Å²) >= 11 is -2.36. The highest BCUT2D eigenvalue weighted by molar-refractivity contribution is 7.76. The fourth-order valence-electron chi connectivity index (χ4n) is 3.51. The first-order chi connectivity index (χ1) is 14.7. The van der Waals surface area contributed by atoms with E-state index in [4.69, 9.17) is 13.8 Å². The quantitative estimate of drug-likeness (QED) is 0.596. The van der Waals surface area contributed by atoms with Crippen LogP contribution in [0.2, 0.25) is 0 Å². The van der Waals surface area contributed by atoms with Crippen LogP contribution in [0.1, 0.15) is 29.7 Å². The Hall–Kier alpha value is -3.14. The predicted molar refractivity (Wildman–Crippen MR) is 120 cm³/mol. The van der Waals surface area contributed by atoms with Gasteiger partial charge in [-0.15, -0.1) is 0 Å². The third-order valence-corrected chi connectivity index (χ3v) is 5.00. The number of nitrogens with two attached hydrogens (primary N) is 1. The van der Waals surface area contributed by atoms with Crippen LogP contribution in [0.25, 0.3) is 11.1 Å². The highest BCUT2D eigenvalue weighted by Gasteiger charge is 2.24. The number of aryl methyl sites for hydroxylation is 1. The summed E-state index contributed by atoms with van der Waals surface area (Å²) in [6.45, 7) is 1.98. The molecule has 0 fully saturated rings. The van der Waals surface area contributed by atoms with Crippen molar-refractivity contribution in [2.75, 3.05) is 12.4 Å². The summed E-state index contributed by atoms with van der Waals surface area (Å²) in [7, 11) is 3.62. The van der Waals surface area contributed by atoms with Crippen molar-refractivity contribution in [3.05, 3.63) is 87.6 Å². The number of nitrogens with one attached hydrogen (secondary N) is 1. The van der Waals surface area contributed by atoms with Crippen molar-refractivity contribution in [2.24, 2.45) is 17.2 Å². The Balaban J connectivity index is 0.000000628. The van der Waals surface area contributed by atoms with Crippen LogP contribution in [0, 0.1) is 5.82 Å². The van der Waals surface area contributed by atoms with Crippen LogP contribution in [-0.2, 0) is 18.3 Å². The molecule has 31 heavy (non-hydrogen) atoms. The van der Waals surface area contributed by atoms with Gasteiger partial charge in [0.1, 0.15) is 5.82 Å². The van der Waals surface area contributed by atoms with E-state index in [0.29, 0.717) is 0 Å². The fraction of sp³-hybridized carbons (Fsp3) is 0.182. The molecule has 0 radical (unpaired) electrons. The minimum absolute atomic E-state index is 0.0626. The van der Waals surface area contributed by atoms with Gasteiger partial charge in [-0.2, -0.15) is 0 Å². The fourth-order valence-corrected chi connectivity index (χ4v) is 3.51. The zero-order valence-corrected chi connectivity index (χ0v) is 18.1. The van der Waals surface area contributed by atoms with E-state index in [0.717, 1.165) is 39.2 Å². The normalized spacial score (nSPS) is 15.4. The van der Waals surface area contributed by atoms with Crippen LogP contribution in [0.3, 0.4) is 0 Å². The van der Waals surface area contributed by atoms with Crippen molar-refractivity contribution in [3.63, 3.8) is 0 Å². The molecule has 1 aliphatic rings. The number of halogens is 1. The molecule has 7 nitrogen and oxygen atoms in total. The van der Waals surface area contributed by atoms with Crippen LogP contribution in [0.4, 0.5) is 10.1 Å². The van der Waals surface area contributed by atoms with Gasteiger partial charge in [-0.25, -0.2) is 4.39 Å². The van der Waals surface area contributed by atoms with E-state index in [2.05, 4.69) is 16.5 Å². The van der Waals surface area contributed by atoms with Crippen molar-refractivity contribution in [1.29, 1.82) is 0 Å². The molecule has 9 heteroatoms. The molecule has 4 rings (SSSR count). The molecule has 2 aromatic carbocycles.